The molecule has 0 saturated carbocycles. The second-order valence-corrected chi connectivity index (χ2v) is 9.75. The SMILES string of the molecule is Cc1c([C@@H](O)CN2CCC(CC(NC(=O)O)C(C)(C)C)CC2)ccc2c1COC2=O. The van der Waals surface area contributed by atoms with Crippen molar-refractivity contribution in [3.05, 3.63) is 34.4 Å². The maximum absolute atomic E-state index is 11.7. The molecule has 0 aromatic heterocycles. The predicted molar refractivity (Wildman–Crippen MR) is 113 cm³/mol. The van der Waals surface area contributed by atoms with E-state index in [1.165, 1.54) is 0 Å². The van der Waals surface area contributed by atoms with Crippen molar-refractivity contribution >= 4 is 12.1 Å². The van der Waals surface area contributed by atoms with Gasteiger partial charge in [-0.15, -0.1) is 0 Å². The number of fused-ring (bicyclic) bond motifs is 1. The van der Waals surface area contributed by atoms with Gasteiger partial charge in [0.15, 0.2) is 0 Å². The van der Waals surface area contributed by atoms with Gasteiger partial charge in [-0.1, -0.05) is 26.8 Å². The Morgan fingerprint density at radius 2 is 1.97 bits per heavy atom. The lowest BCUT2D eigenvalue weighted by Crippen LogP contribution is -2.46. The van der Waals surface area contributed by atoms with Crippen LogP contribution in [0.1, 0.15) is 73.2 Å². The molecule has 0 spiro atoms. The van der Waals surface area contributed by atoms with Gasteiger partial charge in [0.1, 0.15) is 6.61 Å². The molecule has 2 aliphatic heterocycles. The second kappa shape index (κ2) is 8.94. The van der Waals surface area contributed by atoms with Crippen molar-refractivity contribution in [3.8, 4) is 0 Å². The van der Waals surface area contributed by atoms with Gasteiger partial charge < -0.3 is 25.2 Å². The van der Waals surface area contributed by atoms with Crippen LogP contribution in [0.2, 0.25) is 0 Å². The number of ether oxygens (including phenoxy) is 1. The van der Waals surface area contributed by atoms with Crippen LogP contribution in [-0.2, 0) is 11.3 Å². The van der Waals surface area contributed by atoms with Gasteiger partial charge >= 0.3 is 12.1 Å². The van der Waals surface area contributed by atoms with Gasteiger partial charge in [-0.05, 0) is 67.8 Å². The quantitative estimate of drug-likeness (QED) is 0.612. The summed E-state index contributed by atoms with van der Waals surface area (Å²) in [5.74, 6) is 0.182. The number of cyclic esters (lactones) is 1. The molecule has 1 amide bonds. The standard InChI is InChI=1S/C23H34N2O5/c1-14-16(5-6-17-18(14)13-30-21(17)27)19(26)12-25-9-7-15(8-10-25)11-20(23(2,3)4)24-22(28)29/h5-6,15,19-20,24,26H,7-13H2,1-4H3,(H,28,29)/t19-,20?/m0/s1. The Bertz CT molecular complexity index is 794. The fraction of sp³-hybridized carbons (Fsp3) is 0.652. The lowest BCUT2D eigenvalue weighted by atomic mass is 9.79. The third kappa shape index (κ3) is 5.13. The molecule has 1 saturated heterocycles. The molecule has 7 heteroatoms. The number of β-amino-alcohol motifs (C(OH)–C–C–N with tert-alkyl or cyclic N) is 1. The summed E-state index contributed by atoms with van der Waals surface area (Å²) < 4.78 is 5.11. The molecular formula is C23H34N2O5. The predicted octanol–water partition coefficient (Wildman–Crippen LogP) is 3.48. The van der Waals surface area contributed by atoms with Crippen LogP contribution in [0.25, 0.3) is 0 Å². The summed E-state index contributed by atoms with van der Waals surface area (Å²) in [6.07, 6.45) is 1.24. The minimum Gasteiger partial charge on any atom is -0.465 e. The Labute approximate surface area is 178 Å². The van der Waals surface area contributed by atoms with Crippen LogP contribution in [0.5, 0.6) is 0 Å². The summed E-state index contributed by atoms with van der Waals surface area (Å²) in [7, 11) is 0. The van der Waals surface area contributed by atoms with Crippen LogP contribution < -0.4 is 5.32 Å². The molecule has 1 unspecified atom stereocenters. The molecule has 1 fully saturated rings. The zero-order valence-corrected chi connectivity index (χ0v) is 18.4. The third-order valence-corrected chi connectivity index (χ3v) is 6.62. The smallest absolute Gasteiger partial charge is 0.404 e. The number of nitrogens with zero attached hydrogens (tertiary/aromatic N) is 1. The molecule has 0 bridgehead atoms. The topological polar surface area (TPSA) is 99.1 Å². The van der Waals surface area contributed by atoms with E-state index in [1.807, 2.05) is 13.0 Å². The fourth-order valence-corrected chi connectivity index (χ4v) is 4.59. The number of hydrogen-bond acceptors (Lipinski definition) is 5. The lowest BCUT2D eigenvalue weighted by molar-refractivity contribution is 0.0534. The number of hydrogen-bond donors (Lipinski definition) is 3. The van der Waals surface area contributed by atoms with Crippen LogP contribution in [-0.4, -0.2) is 52.9 Å². The second-order valence-electron chi connectivity index (χ2n) is 9.75. The molecule has 0 radical (unpaired) electrons. The number of aliphatic hydroxyl groups is 1. The van der Waals surface area contributed by atoms with E-state index in [4.69, 9.17) is 9.84 Å². The van der Waals surface area contributed by atoms with Gasteiger partial charge in [0.25, 0.3) is 0 Å². The third-order valence-electron chi connectivity index (χ3n) is 6.62. The number of carboxylic acid groups (broad SMARTS) is 1. The minimum absolute atomic E-state index is 0.0730. The lowest BCUT2D eigenvalue weighted by Gasteiger charge is -2.38. The van der Waals surface area contributed by atoms with E-state index in [-0.39, 0.29) is 24.0 Å². The summed E-state index contributed by atoms with van der Waals surface area (Å²) in [4.78, 5) is 25.1. The molecule has 30 heavy (non-hydrogen) atoms. The largest absolute Gasteiger partial charge is 0.465 e. The first-order valence-corrected chi connectivity index (χ1v) is 10.8. The van der Waals surface area contributed by atoms with Crippen molar-refractivity contribution in [1.82, 2.24) is 10.2 Å². The van der Waals surface area contributed by atoms with Crippen molar-refractivity contribution in [2.75, 3.05) is 19.6 Å². The van der Waals surface area contributed by atoms with Crippen LogP contribution in [0.15, 0.2) is 12.1 Å². The summed E-state index contributed by atoms with van der Waals surface area (Å²) in [6, 6.07) is 3.52. The van der Waals surface area contributed by atoms with E-state index >= 15 is 0 Å². The summed E-state index contributed by atoms with van der Waals surface area (Å²) in [5.41, 5.74) is 3.16. The molecular weight excluding hydrogens is 384 g/mol. The highest BCUT2D eigenvalue weighted by atomic mass is 16.5. The Hall–Kier alpha value is -2.12. The Morgan fingerprint density at radius 3 is 2.57 bits per heavy atom. The molecule has 1 aromatic carbocycles. The first-order valence-electron chi connectivity index (χ1n) is 10.8. The normalized spacial score (nSPS) is 19.8. The fourth-order valence-electron chi connectivity index (χ4n) is 4.59. The summed E-state index contributed by atoms with van der Waals surface area (Å²) in [5, 5.41) is 22.7. The number of carbonyl (C=O) groups is 2. The van der Waals surface area contributed by atoms with Crippen LogP contribution in [0.3, 0.4) is 0 Å². The van der Waals surface area contributed by atoms with Crippen molar-refractivity contribution < 1.29 is 24.5 Å². The zero-order chi connectivity index (χ0) is 22.1. The van der Waals surface area contributed by atoms with Gasteiger partial charge in [-0.25, -0.2) is 9.59 Å². The van der Waals surface area contributed by atoms with Crippen LogP contribution >= 0.6 is 0 Å². The molecule has 2 aliphatic rings. The molecule has 0 aliphatic carbocycles. The molecule has 2 heterocycles. The number of likely N-dealkylation sites (tertiary alicyclic amines) is 1. The number of amides is 1. The van der Waals surface area contributed by atoms with Gasteiger partial charge in [0.2, 0.25) is 0 Å². The van der Waals surface area contributed by atoms with Crippen molar-refractivity contribution in [3.63, 3.8) is 0 Å². The number of piperidine rings is 1. The Kier molecular flexibility index (Phi) is 6.72. The summed E-state index contributed by atoms with van der Waals surface area (Å²) >= 11 is 0. The highest BCUT2D eigenvalue weighted by molar-refractivity contribution is 5.93. The highest BCUT2D eigenvalue weighted by Gasteiger charge is 2.31. The van der Waals surface area contributed by atoms with E-state index in [0.717, 1.165) is 49.0 Å². The maximum Gasteiger partial charge on any atom is 0.404 e. The van der Waals surface area contributed by atoms with Crippen LogP contribution in [0, 0.1) is 18.3 Å². The molecule has 3 N–H and O–H groups in total. The van der Waals surface area contributed by atoms with E-state index in [1.54, 1.807) is 6.07 Å². The summed E-state index contributed by atoms with van der Waals surface area (Å²) in [6.45, 7) is 10.7. The van der Waals surface area contributed by atoms with Crippen molar-refractivity contribution in [1.29, 1.82) is 0 Å². The first-order chi connectivity index (χ1) is 14.1. The number of rotatable bonds is 6. The molecule has 166 valence electrons. The molecule has 2 atom stereocenters. The monoisotopic (exact) mass is 418 g/mol. The van der Waals surface area contributed by atoms with Gasteiger partial charge in [0, 0.05) is 18.2 Å². The zero-order valence-electron chi connectivity index (χ0n) is 18.4. The average molecular weight is 419 g/mol. The van der Waals surface area contributed by atoms with Gasteiger partial charge in [-0.2, -0.15) is 0 Å². The van der Waals surface area contributed by atoms with E-state index < -0.39 is 12.2 Å². The van der Waals surface area contributed by atoms with Crippen LogP contribution in [0.4, 0.5) is 4.79 Å². The average Bonchev–Trinajstić information content (AvgIpc) is 3.04. The van der Waals surface area contributed by atoms with Crippen molar-refractivity contribution in [2.45, 2.75) is 65.7 Å². The number of esters is 1. The number of nitrogens with one attached hydrogen (secondary N) is 1. The highest BCUT2D eigenvalue weighted by Crippen LogP contribution is 2.32. The van der Waals surface area contributed by atoms with Gasteiger partial charge in [0.05, 0.1) is 11.7 Å². The number of carbonyl (C=O) groups excluding carboxylic acids is 1. The molecule has 7 nitrogen and oxygen atoms in total. The number of benzene rings is 1. The minimum atomic E-state index is -0.965. The Balaban J connectivity index is 1.55. The molecule has 3 rings (SSSR count). The first kappa shape index (κ1) is 22.6. The van der Waals surface area contributed by atoms with E-state index in [2.05, 4.69) is 31.0 Å². The Morgan fingerprint density at radius 1 is 1.30 bits per heavy atom. The number of aliphatic hydroxyl groups excluding tert-OH is 1. The van der Waals surface area contributed by atoms with Crippen molar-refractivity contribution in [2.24, 2.45) is 11.3 Å². The van der Waals surface area contributed by atoms with Gasteiger partial charge in [-0.3, -0.25) is 0 Å². The maximum atomic E-state index is 11.7. The molecule has 1 aromatic rings. The van der Waals surface area contributed by atoms with E-state index in [0.29, 0.717) is 18.0 Å². The van der Waals surface area contributed by atoms with E-state index in [9.17, 15) is 14.7 Å².